The van der Waals surface area contributed by atoms with Crippen molar-refractivity contribution in [2.24, 2.45) is 10.8 Å². The smallest absolute Gasteiger partial charge is 0.309 e. The zero-order valence-electron chi connectivity index (χ0n) is 13.9. The predicted octanol–water partition coefficient (Wildman–Crippen LogP) is 2.29. The summed E-state index contributed by atoms with van der Waals surface area (Å²) in [6, 6.07) is 1.87. The van der Waals surface area contributed by atoms with Crippen molar-refractivity contribution in [2.45, 2.75) is 38.6 Å². The van der Waals surface area contributed by atoms with Gasteiger partial charge in [0.25, 0.3) is 0 Å². The van der Waals surface area contributed by atoms with Gasteiger partial charge in [0.1, 0.15) is 0 Å². The first-order valence-corrected chi connectivity index (χ1v) is 8.60. The lowest BCUT2D eigenvalue weighted by Crippen LogP contribution is -2.39. The van der Waals surface area contributed by atoms with Crippen LogP contribution in [0.4, 0.5) is 0 Å². The van der Waals surface area contributed by atoms with E-state index in [1.807, 2.05) is 12.3 Å². The lowest BCUT2D eigenvalue weighted by molar-refractivity contribution is -0.148. The molecule has 0 aromatic carbocycles. The van der Waals surface area contributed by atoms with Crippen molar-refractivity contribution in [1.82, 2.24) is 15.1 Å². The maximum absolute atomic E-state index is 12.6. The molecule has 0 radical (unpaired) electrons. The zero-order valence-corrected chi connectivity index (χ0v) is 13.9. The molecule has 2 aliphatic rings. The lowest BCUT2D eigenvalue weighted by Gasteiger charge is -2.25. The molecule has 0 aliphatic heterocycles. The monoisotopic (exact) mass is 343 g/mol. The molecule has 2 saturated carbocycles. The van der Waals surface area contributed by atoms with Crippen molar-refractivity contribution in [3.63, 3.8) is 0 Å². The van der Waals surface area contributed by atoms with Crippen molar-refractivity contribution < 1.29 is 19.1 Å². The van der Waals surface area contributed by atoms with Gasteiger partial charge in [-0.05, 0) is 38.2 Å². The van der Waals surface area contributed by atoms with E-state index in [2.05, 4.69) is 10.4 Å². The molecule has 2 aromatic rings. The number of fused-ring (bicyclic) bond motifs is 2. The van der Waals surface area contributed by atoms with Gasteiger partial charge in [0.2, 0.25) is 5.91 Å². The lowest BCUT2D eigenvalue weighted by atomic mass is 9.81. The molecule has 132 valence electrons. The van der Waals surface area contributed by atoms with Gasteiger partial charge in [-0.25, -0.2) is 0 Å². The minimum atomic E-state index is -0.747. The molecule has 25 heavy (non-hydrogen) atoms. The fourth-order valence-corrected chi connectivity index (χ4v) is 4.34. The Hall–Kier alpha value is -2.57. The molecule has 7 heteroatoms. The fourth-order valence-electron chi connectivity index (χ4n) is 4.34. The standard InChI is InChI=1S/C18H21N3O4/c22-15(17-2-4-18(12-17,5-3-17)16(23)24)19-6-7-21-10-14(9-20-21)13-1-8-25-11-13/h1,8-11H,2-7,12H2,(H,19,22)(H,23,24). The summed E-state index contributed by atoms with van der Waals surface area (Å²) in [7, 11) is 0. The average molecular weight is 343 g/mol. The van der Waals surface area contributed by atoms with Gasteiger partial charge in [0, 0.05) is 23.9 Å². The minimum absolute atomic E-state index is 0.00432. The zero-order chi connectivity index (χ0) is 17.5. The molecular weight excluding hydrogens is 322 g/mol. The molecule has 0 spiro atoms. The molecule has 2 fully saturated rings. The Morgan fingerprint density at radius 3 is 2.64 bits per heavy atom. The third-order valence-electron chi connectivity index (χ3n) is 5.89. The van der Waals surface area contributed by atoms with Crippen LogP contribution in [0.5, 0.6) is 0 Å². The number of hydrogen-bond donors (Lipinski definition) is 2. The van der Waals surface area contributed by atoms with Crippen molar-refractivity contribution >= 4 is 11.9 Å². The number of carbonyl (C=O) groups excluding carboxylic acids is 1. The summed E-state index contributed by atoms with van der Waals surface area (Å²) in [5, 5.41) is 16.7. The van der Waals surface area contributed by atoms with E-state index in [4.69, 9.17) is 4.42 Å². The third-order valence-corrected chi connectivity index (χ3v) is 5.89. The summed E-state index contributed by atoms with van der Waals surface area (Å²) < 4.78 is 6.85. The number of furan rings is 1. The number of aromatic nitrogens is 2. The Labute approximate surface area is 145 Å². The summed E-state index contributed by atoms with van der Waals surface area (Å²) in [5.41, 5.74) is 0.788. The molecule has 0 unspecified atom stereocenters. The van der Waals surface area contributed by atoms with Gasteiger partial charge in [-0.1, -0.05) is 0 Å². The van der Waals surface area contributed by atoms with Crippen LogP contribution in [-0.2, 0) is 16.1 Å². The maximum atomic E-state index is 12.6. The highest BCUT2D eigenvalue weighted by Gasteiger charge is 2.61. The topological polar surface area (TPSA) is 97.4 Å². The Morgan fingerprint density at radius 2 is 2.00 bits per heavy atom. The number of carboxylic acids is 1. The minimum Gasteiger partial charge on any atom is -0.481 e. The van der Waals surface area contributed by atoms with Crippen LogP contribution in [0.1, 0.15) is 32.1 Å². The van der Waals surface area contributed by atoms with Crippen molar-refractivity contribution in [3.05, 3.63) is 31.0 Å². The molecule has 7 nitrogen and oxygen atoms in total. The largest absolute Gasteiger partial charge is 0.481 e. The summed E-state index contributed by atoms with van der Waals surface area (Å²) in [4.78, 5) is 24.1. The quantitative estimate of drug-likeness (QED) is 0.839. The molecule has 2 N–H and O–H groups in total. The molecule has 2 bridgehead atoms. The molecule has 0 saturated heterocycles. The molecule has 2 aromatic heterocycles. The van der Waals surface area contributed by atoms with Gasteiger partial charge in [0.05, 0.1) is 36.1 Å². The van der Waals surface area contributed by atoms with Crippen LogP contribution in [0.25, 0.3) is 11.1 Å². The van der Waals surface area contributed by atoms with Gasteiger partial charge >= 0.3 is 5.97 Å². The number of carboxylic acid groups (broad SMARTS) is 1. The third kappa shape index (κ3) is 2.63. The number of amides is 1. The van der Waals surface area contributed by atoms with Crippen molar-refractivity contribution in [3.8, 4) is 11.1 Å². The van der Waals surface area contributed by atoms with Crippen LogP contribution in [0.3, 0.4) is 0 Å². The van der Waals surface area contributed by atoms with Crippen molar-refractivity contribution in [2.75, 3.05) is 6.54 Å². The summed E-state index contributed by atoms with van der Waals surface area (Å²) >= 11 is 0. The number of aliphatic carboxylic acids is 1. The molecule has 0 atom stereocenters. The maximum Gasteiger partial charge on any atom is 0.309 e. The number of carbonyl (C=O) groups is 2. The first kappa shape index (κ1) is 15.9. The Kier molecular flexibility index (Phi) is 3.67. The van der Waals surface area contributed by atoms with E-state index in [0.717, 1.165) is 11.1 Å². The van der Waals surface area contributed by atoms with Crippen molar-refractivity contribution in [1.29, 1.82) is 0 Å². The Morgan fingerprint density at radius 1 is 1.24 bits per heavy atom. The van der Waals surface area contributed by atoms with E-state index in [1.54, 1.807) is 23.4 Å². The number of hydrogen-bond acceptors (Lipinski definition) is 4. The van der Waals surface area contributed by atoms with E-state index in [-0.39, 0.29) is 5.91 Å². The van der Waals surface area contributed by atoms with E-state index < -0.39 is 16.8 Å². The van der Waals surface area contributed by atoms with Gasteiger partial charge < -0.3 is 14.8 Å². The normalized spacial score (nSPS) is 27.5. The van der Waals surface area contributed by atoms with Gasteiger partial charge in [-0.15, -0.1) is 0 Å². The highest BCUT2D eigenvalue weighted by Crippen LogP contribution is 2.61. The van der Waals surface area contributed by atoms with Gasteiger partial charge in [-0.3, -0.25) is 14.3 Å². The Bertz CT molecular complexity index is 785. The number of nitrogens with one attached hydrogen (secondary N) is 1. The van der Waals surface area contributed by atoms with Gasteiger partial charge in [-0.2, -0.15) is 5.10 Å². The van der Waals surface area contributed by atoms with Crippen LogP contribution < -0.4 is 5.32 Å². The highest BCUT2D eigenvalue weighted by atomic mass is 16.4. The first-order chi connectivity index (χ1) is 12.0. The van der Waals surface area contributed by atoms with Crippen LogP contribution in [0.2, 0.25) is 0 Å². The van der Waals surface area contributed by atoms with Crippen LogP contribution >= 0.6 is 0 Å². The van der Waals surface area contributed by atoms with Crippen LogP contribution in [0.15, 0.2) is 35.4 Å². The molecule has 2 heterocycles. The SMILES string of the molecule is O=C(O)C12CCC(C(=O)NCCn3cc(-c4ccoc4)cn3)(CC1)C2. The van der Waals surface area contributed by atoms with E-state index >= 15 is 0 Å². The predicted molar refractivity (Wildman–Crippen MR) is 88.5 cm³/mol. The second kappa shape index (κ2) is 5.75. The molecular formula is C18H21N3O4. The van der Waals surface area contributed by atoms with E-state index in [1.165, 1.54) is 0 Å². The number of nitrogens with zero attached hydrogens (tertiary/aromatic N) is 2. The van der Waals surface area contributed by atoms with Crippen LogP contribution in [0, 0.1) is 10.8 Å². The van der Waals surface area contributed by atoms with Gasteiger partial charge in [0.15, 0.2) is 0 Å². The first-order valence-electron chi connectivity index (χ1n) is 8.60. The van der Waals surface area contributed by atoms with Crippen LogP contribution in [-0.4, -0.2) is 33.3 Å². The summed E-state index contributed by atoms with van der Waals surface area (Å²) in [5.74, 6) is -0.752. The molecule has 2 aliphatic carbocycles. The van der Waals surface area contributed by atoms with E-state index in [0.29, 0.717) is 45.2 Å². The second-order valence-electron chi connectivity index (χ2n) is 7.30. The highest BCUT2D eigenvalue weighted by molar-refractivity contribution is 5.87. The Balaban J connectivity index is 1.32. The summed E-state index contributed by atoms with van der Waals surface area (Å²) in [6.45, 7) is 1.05. The van der Waals surface area contributed by atoms with E-state index in [9.17, 15) is 14.7 Å². The fraction of sp³-hybridized carbons (Fsp3) is 0.500. The second-order valence-corrected chi connectivity index (χ2v) is 7.30. The summed E-state index contributed by atoms with van der Waals surface area (Å²) in [6.07, 6.45) is 10.0. The average Bonchev–Trinajstić information content (AvgIpc) is 3.37. The molecule has 1 amide bonds. The molecule has 4 rings (SSSR count). The number of rotatable bonds is 6.